The Morgan fingerprint density at radius 1 is 1.50 bits per heavy atom. The SMILES string of the molecule is C=C(CNC(C)C)CSc1nnc(C)n1C. The van der Waals surface area contributed by atoms with Crippen LogP contribution in [0.25, 0.3) is 0 Å². The summed E-state index contributed by atoms with van der Waals surface area (Å²) in [6.45, 7) is 11.1. The van der Waals surface area contributed by atoms with Crippen molar-refractivity contribution >= 4 is 11.8 Å². The molecule has 0 aliphatic carbocycles. The Kier molecular flexibility index (Phi) is 5.02. The van der Waals surface area contributed by atoms with Crippen LogP contribution < -0.4 is 5.32 Å². The van der Waals surface area contributed by atoms with E-state index >= 15 is 0 Å². The Morgan fingerprint density at radius 3 is 2.69 bits per heavy atom. The largest absolute Gasteiger partial charge is 0.311 e. The van der Waals surface area contributed by atoms with Gasteiger partial charge in [0.2, 0.25) is 0 Å². The third-order valence-corrected chi connectivity index (χ3v) is 3.38. The molecule has 0 saturated carbocycles. The molecule has 0 bridgehead atoms. The Labute approximate surface area is 102 Å². The summed E-state index contributed by atoms with van der Waals surface area (Å²) in [6, 6.07) is 0.499. The number of thioether (sulfide) groups is 1. The highest BCUT2D eigenvalue weighted by Gasteiger charge is 2.06. The Morgan fingerprint density at radius 2 is 2.19 bits per heavy atom. The molecule has 0 aromatic carbocycles. The zero-order chi connectivity index (χ0) is 12.1. The van der Waals surface area contributed by atoms with E-state index in [9.17, 15) is 0 Å². The van der Waals surface area contributed by atoms with Crippen LogP contribution in [-0.2, 0) is 7.05 Å². The number of rotatable bonds is 6. The van der Waals surface area contributed by atoms with Crippen molar-refractivity contribution in [2.75, 3.05) is 12.3 Å². The van der Waals surface area contributed by atoms with Crippen molar-refractivity contribution in [3.05, 3.63) is 18.0 Å². The summed E-state index contributed by atoms with van der Waals surface area (Å²) in [5.41, 5.74) is 1.18. The summed E-state index contributed by atoms with van der Waals surface area (Å²) in [4.78, 5) is 0. The first-order chi connectivity index (χ1) is 7.50. The van der Waals surface area contributed by atoms with E-state index < -0.39 is 0 Å². The predicted octanol–water partition coefficient (Wildman–Crippen LogP) is 1.77. The third-order valence-electron chi connectivity index (χ3n) is 2.22. The quantitative estimate of drug-likeness (QED) is 0.608. The molecule has 0 fully saturated rings. The smallest absolute Gasteiger partial charge is 0.191 e. The number of aromatic nitrogens is 3. The highest BCUT2D eigenvalue weighted by Crippen LogP contribution is 2.17. The van der Waals surface area contributed by atoms with Gasteiger partial charge in [-0.1, -0.05) is 37.8 Å². The monoisotopic (exact) mass is 240 g/mol. The normalized spacial score (nSPS) is 11.1. The number of hydrogen-bond acceptors (Lipinski definition) is 4. The van der Waals surface area contributed by atoms with Crippen molar-refractivity contribution in [3.63, 3.8) is 0 Å². The molecule has 0 saturated heterocycles. The lowest BCUT2D eigenvalue weighted by Gasteiger charge is -2.09. The second-order valence-corrected chi connectivity index (χ2v) is 5.11. The molecule has 1 heterocycles. The van der Waals surface area contributed by atoms with Crippen LogP contribution in [0, 0.1) is 6.92 Å². The minimum atomic E-state index is 0.499. The van der Waals surface area contributed by atoms with Crippen molar-refractivity contribution in [2.24, 2.45) is 7.05 Å². The molecule has 1 aromatic rings. The van der Waals surface area contributed by atoms with Crippen LogP contribution in [0.1, 0.15) is 19.7 Å². The molecule has 1 aromatic heterocycles. The summed E-state index contributed by atoms with van der Waals surface area (Å²) < 4.78 is 1.99. The zero-order valence-corrected chi connectivity index (χ0v) is 11.3. The number of nitrogens with one attached hydrogen (secondary N) is 1. The van der Waals surface area contributed by atoms with E-state index in [1.807, 2.05) is 18.5 Å². The molecular weight excluding hydrogens is 220 g/mol. The standard InChI is InChI=1S/C11H20N4S/c1-8(2)12-6-9(3)7-16-11-14-13-10(4)15(11)5/h8,12H,3,6-7H2,1-2,4-5H3. The van der Waals surface area contributed by atoms with E-state index in [0.717, 1.165) is 23.3 Å². The maximum atomic E-state index is 4.10. The van der Waals surface area contributed by atoms with E-state index in [2.05, 4.69) is 35.9 Å². The molecule has 0 amide bonds. The minimum Gasteiger partial charge on any atom is -0.311 e. The molecule has 1 N–H and O–H groups in total. The van der Waals surface area contributed by atoms with Crippen molar-refractivity contribution in [3.8, 4) is 0 Å². The first-order valence-corrected chi connectivity index (χ1v) is 6.38. The molecule has 0 aliphatic rings. The third kappa shape index (κ3) is 3.98. The lowest BCUT2D eigenvalue weighted by Crippen LogP contribution is -2.25. The van der Waals surface area contributed by atoms with Gasteiger partial charge in [-0.3, -0.25) is 0 Å². The first kappa shape index (κ1) is 13.3. The van der Waals surface area contributed by atoms with Gasteiger partial charge in [-0.05, 0) is 6.92 Å². The van der Waals surface area contributed by atoms with Crippen molar-refractivity contribution in [1.82, 2.24) is 20.1 Å². The van der Waals surface area contributed by atoms with Crippen LogP contribution in [0.15, 0.2) is 17.3 Å². The van der Waals surface area contributed by atoms with Gasteiger partial charge in [0.25, 0.3) is 0 Å². The van der Waals surface area contributed by atoms with Crippen LogP contribution in [-0.4, -0.2) is 33.1 Å². The van der Waals surface area contributed by atoms with Gasteiger partial charge in [0.15, 0.2) is 5.16 Å². The van der Waals surface area contributed by atoms with E-state index in [1.54, 1.807) is 11.8 Å². The summed E-state index contributed by atoms with van der Waals surface area (Å²) in [5, 5.41) is 12.4. The van der Waals surface area contributed by atoms with Crippen molar-refractivity contribution < 1.29 is 0 Å². The Bertz CT molecular complexity index is 357. The molecule has 0 atom stereocenters. The Balaban J connectivity index is 2.34. The summed E-state index contributed by atoms with van der Waals surface area (Å²) in [6.07, 6.45) is 0. The van der Waals surface area contributed by atoms with Gasteiger partial charge in [-0.2, -0.15) is 0 Å². The first-order valence-electron chi connectivity index (χ1n) is 5.39. The molecule has 16 heavy (non-hydrogen) atoms. The molecule has 90 valence electrons. The molecule has 5 heteroatoms. The van der Waals surface area contributed by atoms with Gasteiger partial charge in [-0.25, -0.2) is 0 Å². The topological polar surface area (TPSA) is 42.7 Å². The fourth-order valence-electron chi connectivity index (χ4n) is 1.08. The van der Waals surface area contributed by atoms with Crippen molar-refractivity contribution in [1.29, 1.82) is 0 Å². The molecule has 1 rings (SSSR count). The van der Waals surface area contributed by atoms with Crippen LogP contribution in [0.4, 0.5) is 0 Å². The van der Waals surface area contributed by atoms with Gasteiger partial charge in [0.05, 0.1) is 0 Å². The number of nitrogens with zero attached hydrogens (tertiary/aromatic N) is 3. The van der Waals surface area contributed by atoms with Gasteiger partial charge >= 0.3 is 0 Å². The van der Waals surface area contributed by atoms with Gasteiger partial charge in [0.1, 0.15) is 5.82 Å². The maximum absolute atomic E-state index is 4.10. The van der Waals surface area contributed by atoms with Gasteiger partial charge in [0, 0.05) is 25.4 Å². The van der Waals surface area contributed by atoms with E-state index in [1.165, 1.54) is 5.57 Å². The average Bonchev–Trinajstić information content (AvgIpc) is 2.54. The van der Waals surface area contributed by atoms with E-state index in [0.29, 0.717) is 6.04 Å². The molecule has 0 aliphatic heterocycles. The van der Waals surface area contributed by atoms with Crippen LogP contribution in [0.3, 0.4) is 0 Å². The number of aryl methyl sites for hydroxylation is 1. The molecular formula is C11H20N4S. The fourth-order valence-corrected chi connectivity index (χ4v) is 1.94. The average molecular weight is 240 g/mol. The Hall–Kier alpha value is -0.810. The van der Waals surface area contributed by atoms with E-state index in [4.69, 9.17) is 0 Å². The molecule has 0 unspecified atom stereocenters. The maximum Gasteiger partial charge on any atom is 0.191 e. The number of hydrogen-bond donors (Lipinski definition) is 1. The summed E-state index contributed by atoms with van der Waals surface area (Å²) in [7, 11) is 1.98. The second-order valence-electron chi connectivity index (χ2n) is 4.16. The van der Waals surface area contributed by atoms with Crippen LogP contribution in [0.5, 0.6) is 0 Å². The minimum absolute atomic E-state index is 0.499. The predicted molar refractivity (Wildman–Crippen MR) is 68.7 cm³/mol. The highest BCUT2D eigenvalue weighted by molar-refractivity contribution is 7.99. The van der Waals surface area contributed by atoms with Crippen LogP contribution in [0.2, 0.25) is 0 Å². The summed E-state index contributed by atoms with van der Waals surface area (Å²) in [5.74, 6) is 1.82. The summed E-state index contributed by atoms with van der Waals surface area (Å²) >= 11 is 1.68. The lowest BCUT2D eigenvalue weighted by atomic mass is 10.3. The molecule has 0 spiro atoms. The van der Waals surface area contributed by atoms with E-state index in [-0.39, 0.29) is 0 Å². The molecule has 0 radical (unpaired) electrons. The lowest BCUT2D eigenvalue weighted by molar-refractivity contribution is 0.623. The van der Waals surface area contributed by atoms with Crippen molar-refractivity contribution in [2.45, 2.75) is 32.0 Å². The highest BCUT2D eigenvalue weighted by atomic mass is 32.2. The zero-order valence-electron chi connectivity index (χ0n) is 10.4. The van der Waals surface area contributed by atoms with Crippen LogP contribution >= 0.6 is 11.8 Å². The second kappa shape index (κ2) is 6.06. The fraction of sp³-hybridized carbons (Fsp3) is 0.636. The van der Waals surface area contributed by atoms with Gasteiger partial charge < -0.3 is 9.88 Å². The molecule has 4 nitrogen and oxygen atoms in total. The van der Waals surface area contributed by atoms with Gasteiger partial charge in [-0.15, -0.1) is 10.2 Å².